The van der Waals surface area contributed by atoms with Gasteiger partial charge in [0.2, 0.25) is 10.0 Å². The minimum absolute atomic E-state index is 0.102. The second-order valence-electron chi connectivity index (χ2n) is 8.99. The normalized spacial score (nSPS) is 12.9. The van der Waals surface area contributed by atoms with E-state index >= 15 is 0 Å². The largest absolute Gasteiger partial charge is 0.492 e. The molecule has 39 heavy (non-hydrogen) atoms. The topological polar surface area (TPSA) is 136 Å². The Bertz CT molecular complexity index is 1230. The number of hydrogen-bond acceptors (Lipinski definition) is 7. The fourth-order valence-electron chi connectivity index (χ4n) is 3.69. The van der Waals surface area contributed by atoms with Gasteiger partial charge in [-0.25, -0.2) is 13.2 Å². The van der Waals surface area contributed by atoms with E-state index in [2.05, 4.69) is 0 Å². The van der Waals surface area contributed by atoms with Crippen molar-refractivity contribution in [2.75, 3.05) is 19.7 Å². The molecule has 0 radical (unpaired) electrons. The summed E-state index contributed by atoms with van der Waals surface area (Å²) in [5.74, 6) is -1.46. The summed E-state index contributed by atoms with van der Waals surface area (Å²) in [4.78, 5) is 23.2. The van der Waals surface area contributed by atoms with Gasteiger partial charge >= 0.3 is 18.1 Å². The first-order chi connectivity index (χ1) is 18.2. The van der Waals surface area contributed by atoms with Gasteiger partial charge in [0.25, 0.3) is 0 Å². The molecule has 0 aliphatic rings. The Labute approximate surface area is 225 Å². The Morgan fingerprint density at radius 1 is 1.08 bits per heavy atom. The maximum atomic E-state index is 13.1. The first kappa shape index (κ1) is 32.1. The zero-order chi connectivity index (χ0) is 29.4. The summed E-state index contributed by atoms with van der Waals surface area (Å²) in [7, 11) is -4.10. The van der Waals surface area contributed by atoms with Crippen LogP contribution >= 0.6 is 0 Å². The van der Waals surface area contributed by atoms with E-state index in [1.165, 1.54) is 6.07 Å². The summed E-state index contributed by atoms with van der Waals surface area (Å²) in [5.41, 5.74) is 5.99. The third kappa shape index (κ3) is 9.22. The van der Waals surface area contributed by atoms with Crippen LogP contribution in [0.4, 0.5) is 13.2 Å². The van der Waals surface area contributed by atoms with Gasteiger partial charge in [0, 0.05) is 19.5 Å². The predicted molar refractivity (Wildman–Crippen MR) is 137 cm³/mol. The highest BCUT2D eigenvalue weighted by Gasteiger charge is 2.31. The lowest BCUT2D eigenvalue weighted by Gasteiger charge is -2.22. The third-order valence-corrected chi connectivity index (χ3v) is 7.48. The third-order valence-electron chi connectivity index (χ3n) is 5.57. The van der Waals surface area contributed by atoms with E-state index in [9.17, 15) is 31.2 Å². The second-order valence-corrected chi connectivity index (χ2v) is 10.9. The Morgan fingerprint density at radius 3 is 2.26 bits per heavy atom. The Hall–Kier alpha value is -3.16. The van der Waals surface area contributed by atoms with Crippen molar-refractivity contribution in [2.45, 2.75) is 63.3 Å². The summed E-state index contributed by atoms with van der Waals surface area (Å²) < 4.78 is 76.8. The molecule has 0 spiro atoms. The van der Waals surface area contributed by atoms with Crippen LogP contribution in [-0.4, -0.2) is 55.6 Å². The number of halogens is 3. The zero-order valence-corrected chi connectivity index (χ0v) is 22.7. The highest BCUT2D eigenvalue weighted by Crippen LogP contribution is 2.30. The number of carbonyl (C=O) groups is 2. The number of ether oxygens (including phenoxy) is 2. The van der Waals surface area contributed by atoms with Crippen molar-refractivity contribution in [1.82, 2.24) is 4.31 Å². The molecule has 0 fully saturated rings. The van der Waals surface area contributed by atoms with Crippen molar-refractivity contribution in [3.05, 3.63) is 59.2 Å². The maximum absolute atomic E-state index is 13.1. The lowest BCUT2D eigenvalue weighted by molar-refractivity contribution is -0.149. The first-order valence-electron chi connectivity index (χ1n) is 12.3. The molecule has 1 atom stereocenters. The van der Waals surface area contributed by atoms with Crippen molar-refractivity contribution >= 4 is 22.0 Å². The van der Waals surface area contributed by atoms with Gasteiger partial charge in [-0.05, 0) is 74.2 Å². The van der Waals surface area contributed by atoms with Gasteiger partial charge < -0.3 is 20.3 Å². The molecule has 13 heteroatoms. The summed E-state index contributed by atoms with van der Waals surface area (Å²) in [5, 5.41) is 9.04. The number of alkyl halides is 3. The standard InChI is InChI=1S/C26H33F3N2O7S/c1-4-13-31(39(35,36)21-10-7-19(8-11-21)26(27,28)29)14-15-37-20-9-5-18(6-12-23(32)33)22(16-20)24(30)25(34)38-17(2)3/h5,7-11,16-17,24H,4,6,12-15,30H2,1-3H3,(H,32,33). The van der Waals surface area contributed by atoms with Crippen LogP contribution in [0, 0.1) is 0 Å². The molecular weight excluding hydrogens is 541 g/mol. The number of rotatable bonds is 14. The number of aryl methyl sites for hydroxylation is 1. The fourth-order valence-corrected chi connectivity index (χ4v) is 5.20. The summed E-state index contributed by atoms with van der Waals surface area (Å²) >= 11 is 0. The molecule has 0 amide bonds. The Balaban J connectivity index is 2.21. The highest BCUT2D eigenvalue weighted by molar-refractivity contribution is 7.89. The van der Waals surface area contributed by atoms with E-state index in [1.54, 1.807) is 32.9 Å². The first-order valence-corrected chi connectivity index (χ1v) is 13.7. The summed E-state index contributed by atoms with van der Waals surface area (Å²) in [6.07, 6.45) is -4.62. The lowest BCUT2D eigenvalue weighted by Crippen LogP contribution is -2.35. The number of carboxylic acids is 1. The summed E-state index contributed by atoms with van der Waals surface area (Å²) in [6, 6.07) is 6.69. The SMILES string of the molecule is CCCN(CCOc1ccc(CCC(=O)O)c(C(N)C(=O)OC(C)C)c1)S(=O)(=O)c1ccc(C(F)(F)F)cc1. The van der Waals surface area contributed by atoms with Crippen LogP contribution in [0.25, 0.3) is 0 Å². The number of nitrogens with zero attached hydrogens (tertiary/aromatic N) is 1. The van der Waals surface area contributed by atoms with Crippen molar-refractivity contribution in [3.8, 4) is 5.75 Å². The Kier molecular flexibility index (Phi) is 11.3. The minimum Gasteiger partial charge on any atom is -0.492 e. The number of sulfonamides is 1. The molecule has 0 aliphatic carbocycles. The van der Waals surface area contributed by atoms with Crippen molar-refractivity contribution < 1.29 is 45.8 Å². The van der Waals surface area contributed by atoms with Crippen LogP contribution in [-0.2, 0) is 36.9 Å². The highest BCUT2D eigenvalue weighted by atomic mass is 32.2. The molecule has 9 nitrogen and oxygen atoms in total. The molecule has 2 aromatic rings. The van der Waals surface area contributed by atoms with E-state index in [1.807, 2.05) is 0 Å². The van der Waals surface area contributed by atoms with E-state index in [-0.39, 0.29) is 43.2 Å². The van der Waals surface area contributed by atoms with Gasteiger partial charge in [-0.2, -0.15) is 17.5 Å². The number of benzene rings is 2. The van der Waals surface area contributed by atoms with Crippen molar-refractivity contribution in [1.29, 1.82) is 0 Å². The smallest absolute Gasteiger partial charge is 0.416 e. The van der Waals surface area contributed by atoms with Crippen molar-refractivity contribution in [3.63, 3.8) is 0 Å². The van der Waals surface area contributed by atoms with Gasteiger partial charge in [-0.15, -0.1) is 0 Å². The average molecular weight is 575 g/mol. The Morgan fingerprint density at radius 2 is 1.72 bits per heavy atom. The number of carboxylic acid groups (broad SMARTS) is 1. The monoisotopic (exact) mass is 574 g/mol. The quantitative estimate of drug-likeness (QED) is 0.321. The molecular formula is C26H33F3N2O7S. The molecule has 0 heterocycles. The molecule has 216 valence electrons. The van der Waals surface area contributed by atoms with Crippen LogP contribution in [0.5, 0.6) is 5.75 Å². The molecule has 0 saturated heterocycles. The van der Waals surface area contributed by atoms with Gasteiger partial charge in [-0.1, -0.05) is 13.0 Å². The molecule has 2 aromatic carbocycles. The van der Waals surface area contributed by atoms with Crippen LogP contribution in [0.15, 0.2) is 47.4 Å². The molecule has 2 rings (SSSR count). The van der Waals surface area contributed by atoms with Gasteiger partial charge in [0.15, 0.2) is 0 Å². The zero-order valence-electron chi connectivity index (χ0n) is 21.9. The van der Waals surface area contributed by atoms with E-state index in [0.29, 0.717) is 29.7 Å². The minimum atomic E-state index is -4.59. The predicted octanol–water partition coefficient (Wildman–Crippen LogP) is 4.15. The van der Waals surface area contributed by atoms with Crippen LogP contribution in [0.1, 0.15) is 56.3 Å². The van der Waals surface area contributed by atoms with E-state index in [0.717, 1.165) is 16.4 Å². The number of hydrogen-bond donors (Lipinski definition) is 2. The summed E-state index contributed by atoms with van der Waals surface area (Å²) in [6.45, 7) is 4.98. The average Bonchev–Trinajstić information content (AvgIpc) is 2.85. The van der Waals surface area contributed by atoms with E-state index in [4.69, 9.17) is 20.3 Å². The maximum Gasteiger partial charge on any atom is 0.416 e. The fraction of sp³-hybridized carbons (Fsp3) is 0.462. The number of nitrogens with two attached hydrogens (primary N) is 1. The molecule has 0 bridgehead atoms. The van der Waals surface area contributed by atoms with E-state index < -0.39 is 45.8 Å². The van der Waals surface area contributed by atoms with Crippen LogP contribution in [0.3, 0.4) is 0 Å². The second kappa shape index (κ2) is 13.8. The molecule has 0 aliphatic heterocycles. The number of aliphatic carboxylic acids is 1. The van der Waals surface area contributed by atoms with Crippen molar-refractivity contribution in [2.24, 2.45) is 5.73 Å². The molecule has 0 aromatic heterocycles. The number of esters is 1. The molecule has 0 saturated carbocycles. The van der Waals surface area contributed by atoms with Gasteiger partial charge in [0.05, 0.1) is 16.6 Å². The molecule has 1 unspecified atom stereocenters. The molecule has 3 N–H and O–H groups in total. The number of carbonyl (C=O) groups excluding carboxylic acids is 1. The van der Waals surface area contributed by atoms with Crippen LogP contribution in [0.2, 0.25) is 0 Å². The van der Waals surface area contributed by atoms with Gasteiger partial charge in [-0.3, -0.25) is 4.79 Å². The lowest BCUT2D eigenvalue weighted by atomic mass is 9.97. The van der Waals surface area contributed by atoms with Crippen LogP contribution < -0.4 is 10.5 Å². The van der Waals surface area contributed by atoms with Gasteiger partial charge in [0.1, 0.15) is 18.4 Å².